The summed E-state index contributed by atoms with van der Waals surface area (Å²) in [7, 11) is 0. The second kappa shape index (κ2) is 17.5. The van der Waals surface area contributed by atoms with Crippen LogP contribution >= 0.6 is 0 Å². The molecule has 0 aliphatic rings. The normalized spacial score (nSPS) is 13.8. The maximum atomic E-state index is 13.0. The Hall–Kier alpha value is -3.95. The first-order valence-electron chi connectivity index (χ1n) is 12.5. The molecule has 1 aromatic rings. The number of nitrogens with two attached hydrogens (primary N) is 4. The van der Waals surface area contributed by atoms with Crippen LogP contribution in [0.4, 0.5) is 0 Å². The first kappa shape index (κ1) is 33.1. The summed E-state index contributed by atoms with van der Waals surface area (Å²) in [5.41, 5.74) is 22.7. The zero-order valence-corrected chi connectivity index (χ0v) is 21.7. The summed E-state index contributed by atoms with van der Waals surface area (Å²) in [4.78, 5) is 53.8. The number of carboxylic acids is 1. The van der Waals surface area contributed by atoms with Gasteiger partial charge in [-0.2, -0.15) is 0 Å². The second-order valence-corrected chi connectivity index (χ2v) is 8.91. The predicted molar refractivity (Wildman–Crippen MR) is 143 cm³/mol. The molecule has 15 heteroatoms. The number of guanidine groups is 1. The van der Waals surface area contributed by atoms with Crippen molar-refractivity contribution in [2.45, 2.75) is 62.7 Å². The Morgan fingerprint density at radius 3 is 1.97 bits per heavy atom. The molecule has 14 N–H and O–H groups in total. The third-order valence-corrected chi connectivity index (χ3v) is 5.68. The van der Waals surface area contributed by atoms with Gasteiger partial charge in [0.1, 0.15) is 23.9 Å². The molecule has 0 aliphatic carbocycles. The number of rotatable bonds is 18. The highest BCUT2D eigenvalue weighted by molar-refractivity contribution is 5.94. The quantitative estimate of drug-likeness (QED) is 0.0496. The molecule has 218 valence electrons. The first-order chi connectivity index (χ1) is 18.5. The van der Waals surface area contributed by atoms with Gasteiger partial charge >= 0.3 is 5.97 Å². The summed E-state index contributed by atoms with van der Waals surface area (Å²) < 4.78 is 0. The lowest BCUT2D eigenvalue weighted by molar-refractivity contribution is -0.142. The average molecular weight is 553 g/mol. The van der Waals surface area contributed by atoms with Crippen LogP contribution in [0.2, 0.25) is 0 Å². The lowest BCUT2D eigenvalue weighted by atomic mass is 10.0. The summed E-state index contributed by atoms with van der Waals surface area (Å²) in [5.74, 6) is -3.71. The Labute approximate surface area is 226 Å². The number of aromatic hydroxyl groups is 1. The smallest absolute Gasteiger partial charge is 0.326 e. The molecule has 3 amide bonds. The van der Waals surface area contributed by atoms with Gasteiger partial charge in [-0.25, -0.2) is 4.79 Å². The number of nitrogens with zero attached hydrogens (tertiary/aromatic N) is 1. The van der Waals surface area contributed by atoms with Gasteiger partial charge in [-0.15, -0.1) is 0 Å². The molecule has 0 radical (unpaired) electrons. The molecule has 0 heterocycles. The van der Waals surface area contributed by atoms with E-state index in [1.807, 2.05) is 0 Å². The van der Waals surface area contributed by atoms with Crippen LogP contribution in [0.1, 0.15) is 37.7 Å². The van der Waals surface area contributed by atoms with Crippen molar-refractivity contribution in [3.05, 3.63) is 29.8 Å². The summed E-state index contributed by atoms with van der Waals surface area (Å²) in [6.45, 7) is -0.291. The molecule has 39 heavy (non-hydrogen) atoms. The standard InChI is InChI=1S/C24H40N8O7/c25-10-2-1-4-18(23(38)39)31-22(37)19(13-33)32-21(36)17(5-3-11-29-24(27)28)30-20(35)16(26)12-14-6-8-15(34)9-7-14/h6-9,16-19,33-34H,1-5,10-13,25-26H2,(H,30,35)(H,31,37)(H,32,36)(H,38,39)(H4,27,28,29). The molecule has 4 unspecified atom stereocenters. The van der Waals surface area contributed by atoms with E-state index < -0.39 is 54.5 Å². The number of phenols is 1. The van der Waals surface area contributed by atoms with E-state index in [0.717, 1.165) is 0 Å². The minimum atomic E-state index is -1.48. The number of hydrogen-bond donors (Lipinski definition) is 10. The highest BCUT2D eigenvalue weighted by atomic mass is 16.4. The number of carbonyl (C=O) groups is 4. The number of carbonyl (C=O) groups excluding carboxylic acids is 3. The van der Waals surface area contributed by atoms with Crippen molar-refractivity contribution < 1.29 is 34.5 Å². The van der Waals surface area contributed by atoms with Gasteiger partial charge in [0.15, 0.2) is 5.96 Å². The van der Waals surface area contributed by atoms with Crippen LogP contribution in [0.5, 0.6) is 5.75 Å². The monoisotopic (exact) mass is 552 g/mol. The SMILES string of the molecule is NCCCCC(NC(=O)C(CO)NC(=O)C(CCCN=C(N)N)NC(=O)C(N)Cc1ccc(O)cc1)C(=O)O. The number of unbranched alkanes of at least 4 members (excludes halogenated alkanes) is 1. The molecule has 0 saturated carbocycles. The van der Waals surface area contributed by atoms with Crippen molar-refractivity contribution >= 4 is 29.7 Å². The van der Waals surface area contributed by atoms with Gasteiger partial charge in [-0.1, -0.05) is 12.1 Å². The number of aliphatic imine (C=N–C) groups is 1. The Morgan fingerprint density at radius 1 is 0.846 bits per heavy atom. The van der Waals surface area contributed by atoms with E-state index in [-0.39, 0.29) is 43.9 Å². The maximum Gasteiger partial charge on any atom is 0.326 e. The van der Waals surface area contributed by atoms with Crippen LogP contribution in [-0.2, 0) is 25.6 Å². The topological polar surface area (TPSA) is 282 Å². The summed E-state index contributed by atoms with van der Waals surface area (Å²) >= 11 is 0. The number of amides is 3. The number of hydrogen-bond acceptors (Lipinski definition) is 9. The summed E-state index contributed by atoms with van der Waals surface area (Å²) in [6, 6.07) is 1.20. The van der Waals surface area contributed by atoms with Gasteiger partial charge in [0.05, 0.1) is 12.6 Å². The Morgan fingerprint density at radius 2 is 1.41 bits per heavy atom. The van der Waals surface area contributed by atoms with Crippen molar-refractivity contribution in [1.82, 2.24) is 16.0 Å². The number of aliphatic carboxylic acids is 1. The largest absolute Gasteiger partial charge is 0.508 e. The zero-order valence-electron chi connectivity index (χ0n) is 21.7. The summed E-state index contributed by atoms with van der Waals surface area (Å²) in [5, 5.41) is 35.7. The van der Waals surface area contributed by atoms with E-state index in [1.54, 1.807) is 12.1 Å². The molecular formula is C24H40N8O7. The molecule has 0 fully saturated rings. The first-order valence-corrected chi connectivity index (χ1v) is 12.5. The van der Waals surface area contributed by atoms with Crippen molar-refractivity contribution in [2.24, 2.45) is 27.9 Å². The number of phenolic OH excluding ortho intramolecular Hbond substituents is 1. The molecule has 15 nitrogen and oxygen atoms in total. The molecule has 0 bridgehead atoms. The highest BCUT2D eigenvalue weighted by Crippen LogP contribution is 2.11. The lowest BCUT2D eigenvalue weighted by Gasteiger charge is -2.24. The maximum absolute atomic E-state index is 13.0. The van der Waals surface area contributed by atoms with E-state index in [1.165, 1.54) is 12.1 Å². The minimum absolute atomic E-state index is 0.0574. The molecule has 0 aliphatic heterocycles. The Bertz CT molecular complexity index is 970. The predicted octanol–water partition coefficient (Wildman–Crippen LogP) is -3.02. The molecule has 1 aromatic carbocycles. The fourth-order valence-electron chi connectivity index (χ4n) is 3.52. The van der Waals surface area contributed by atoms with Crippen molar-refractivity contribution in [3.63, 3.8) is 0 Å². The van der Waals surface area contributed by atoms with E-state index in [4.69, 9.17) is 22.9 Å². The van der Waals surface area contributed by atoms with Gasteiger partial charge in [0, 0.05) is 6.54 Å². The van der Waals surface area contributed by atoms with Gasteiger partial charge in [-0.3, -0.25) is 19.4 Å². The van der Waals surface area contributed by atoms with E-state index in [2.05, 4.69) is 20.9 Å². The van der Waals surface area contributed by atoms with Crippen LogP contribution < -0.4 is 38.9 Å². The highest BCUT2D eigenvalue weighted by Gasteiger charge is 2.29. The zero-order chi connectivity index (χ0) is 29.4. The Kier molecular flexibility index (Phi) is 14.9. The van der Waals surface area contributed by atoms with Gasteiger partial charge in [0.25, 0.3) is 0 Å². The van der Waals surface area contributed by atoms with Gasteiger partial charge in [-0.05, 0) is 62.8 Å². The minimum Gasteiger partial charge on any atom is -0.508 e. The lowest BCUT2D eigenvalue weighted by Crippen LogP contribution is -2.58. The van der Waals surface area contributed by atoms with Gasteiger partial charge < -0.3 is 54.2 Å². The van der Waals surface area contributed by atoms with Crippen LogP contribution in [0, 0.1) is 0 Å². The molecule has 0 aromatic heterocycles. The Balaban J connectivity index is 2.90. The third kappa shape index (κ3) is 12.9. The second-order valence-electron chi connectivity index (χ2n) is 8.91. The number of aliphatic hydroxyl groups excluding tert-OH is 1. The van der Waals surface area contributed by atoms with Crippen molar-refractivity contribution in [1.29, 1.82) is 0 Å². The summed E-state index contributed by atoms with van der Waals surface area (Å²) in [6.07, 6.45) is 1.61. The molecular weight excluding hydrogens is 512 g/mol. The van der Waals surface area contributed by atoms with E-state index >= 15 is 0 Å². The fraction of sp³-hybridized carbons (Fsp3) is 0.542. The fourth-order valence-corrected chi connectivity index (χ4v) is 3.52. The van der Waals surface area contributed by atoms with Gasteiger partial charge in [0.2, 0.25) is 17.7 Å². The number of benzene rings is 1. The molecule has 0 saturated heterocycles. The number of carboxylic acid groups (broad SMARTS) is 1. The van der Waals surface area contributed by atoms with E-state index in [0.29, 0.717) is 24.9 Å². The average Bonchev–Trinajstić information content (AvgIpc) is 2.89. The third-order valence-electron chi connectivity index (χ3n) is 5.68. The van der Waals surface area contributed by atoms with Crippen molar-refractivity contribution in [3.8, 4) is 5.75 Å². The number of aliphatic hydroxyl groups is 1. The molecule has 1 rings (SSSR count). The van der Waals surface area contributed by atoms with E-state index in [9.17, 15) is 34.5 Å². The molecule has 4 atom stereocenters. The van der Waals surface area contributed by atoms with Crippen LogP contribution in [0.25, 0.3) is 0 Å². The van der Waals surface area contributed by atoms with Crippen molar-refractivity contribution in [2.75, 3.05) is 19.7 Å². The number of nitrogens with one attached hydrogen (secondary N) is 3. The van der Waals surface area contributed by atoms with Crippen LogP contribution in [0.15, 0.2) is 29.3 Å². The van der Waals surface area contributed by atoms with Crippen LogP contribution in [0.3, 0.4) is 0 Å². The van der Waals surface area contributed by atoms with Crippen LogP contribution in [-0.4, -0.2) is 88.8 Å². The molecule has 0 spiro atoms.